The molecule has 1 atom stereocenters. The molecule has 82 valence electrons. The standard InChI is InChI=1S/C12H19N3/c1-8-10(14-15-11(8)13)9-3-2-4-12(7-9)5-6-12/h9H,2-7H2,1H3,(H3,13,14,15). The van der Waals surface area contributed by atoms with Gasteiger partial charge in [-0.2, -0.15) is 5.10 Å². The number of H-pyrrole nitrogens is 1. The zero-order valence-electron chi connectivity index (χ0n) is 9.34. The molecule has 1 spiro atoms. The molecular formula is C12H19N3. The molecule has 3 heteroatoms. The highest BCUT2D eigenvalue weighted by Crippen LogP contribution is 2.59. The van der Waals surface area contributed by atoms with Gasteiger partial charge in [-0.1, -0.05) is 6.42 Å². The van der Waals surface area contributed by atoms with E-state index in [9.17, 15) is 0 Å². The highest BCUT2D eigenvalue weighted by atomic mass is 15.2. The summed E-state index contributed by atoms with van der Waals surface area (Å²) in [5, 5.41) is 7.25. The van der Waals surface area contributed by atoms with Crippen molar-refractivity contribution in [3.05, 3.63) is 11.3 Å². The molecule has 2 aliphatic carbocycles. The normalized spacial score (nSPS) is 28.2. The highest BCUT2D eigenvalue weighted by Gasteiger charge is 2.46. The van der Waals surface area contributed by atoms with Crippen LogP contribution >= 0.6 is 0 Å². The van der Waals surface area contributed by atoms with E-state index in [-0.39, 0.29) is 0 Å². The Morgan fingerprint density at radius 1 is 1.40 bits per heavy atom. The largest absolute Gasteiger partial charge is 0.382 e. The van der Waals surface area contributed by atoms with Gasteiger partial charge in [-0.15, -0.1) is 0 Å². The van der Waals surface area contributed by atoms with E-state index in [1.54, 1.807) is 0 Å². The zero-order chi connectivity index (χ0) is 10.5. The Labute approximate surface area is 90.4 Å². The summed E-state index contributed by atoms with van der Waals surface area (Å²) in [5.74, 6) is 1.37. The van der Waals surface area contributed by atoms with Crippen LogP contribution in [0.4, 0.5) is 5.82 Å². The average Bonchev–Trinajstić information content (AvgIpc) is 2.88. The van der Waals surface area contributed by atoms with Gasteiger partial charge in [0.25, 0.3) is 0 Å². The monoisotopic (exact) mass is 205 g/mol. The fourth-order valence-corrected chi connectivity index (χ4v) is 3.15. The summed E-state index contributed by atoms with van der Waals surface area (Å²) >= 11 is 0. The van der Waals surface area contributed by atoms with Gasteiger partial charge in [-0.05, 0) is 44.4 Å². The second-order valence-electron chi connectivity index (χ2n) is 5.44. The highest BCUT2D eigenvalue weighted by molar-refractivity contribution is 5.42. The van der Waals surface area contributed by atoms with E-state index in [4.69, 9.17) is 5.73 Å². The first-order valence-corrected chi connectivity index (χ1v) is 6.01. The van der Waals surface area contributed by atoms with Crippen LogP contribution in [0.2, 0.25) is 0 Å². The fraction of sp³-hybridized carbons (Fsp3) is 0.750. The third-order valence-corrected chi connectivity index (χ3v) is 4.39. The molecule has 1 heterocycles. The molecule has 15 heavy (non-hydrogen) atoms. The molecular weight excluding hydrogens is 186 g/mol. The van der Waals surface area contributed by atoms with E-state index < -0.39 is 0 Å². The van der Waals surface area contributed by atoms with Crippen LogP contribution in [-0.4, -0.2) is 10.2 Å². The predicted molar refractivity (Wildman–Crippen MR) is 60.6 cm³/mol. The lowest BCUT2D eigenvalue weighted by atomic mass is 9.77. The Balaban J connectivity index is 1.84. The molecule has 1 unspecified atom stereocenters. The number of aromatic nitrogens is 2. The van der Waals surface area contributed by atoms with Gasteiger partial charge in [0.05, 0.1) is 0 Å². The van der Waals surface area contributed by atoms with Gasteiger partial charge in [0.15, 0.2) is 0 Å². The fourth-order valence-electron chi connectivity index (χ4n) is 3.15. The lowest BCUT2D eigenvalue weighted by molar-refractivity contribution is 0.297. The third kappa shape index (κ3) is 1.45. The maximum atomic E-state index is 5.79. The third-order valence-electron chi connectivity index (χ3n) is 4.39. The summed E-state index contributed by atoms with van der Waals surface area (Å²) in [6.07, 6.45) is 8.40. The Hall–Kier alpha value is -0.990. The molecule has 0 saturated heterocycles. The van der Waals surface area contributed by atoms with Crippen molar-refractivity contribution in [2.75, 3.05) is 5.73 Å². The summed E-state index contributed by atoms with van der Waals surface area (Å²) in [6, 6.07) is 0. The summed E-state index contributed by atoms with van der Waals surface area (Å²) in [6.45, 7) is 2.09. The minimum atomic E-state index is 0.681. The van der Waals surface area contributed by atoms with E-state index in [2.05, 4.69) is 17.1 Å². The summed E-state index contributed by atoms with van der Waals surface area (Å²) in [7, 11) is 0. The van der Waals surface area contributed by atoms with Crippen molar-refractivity contribution >= 4 is 5.82 Å². The molecule has 3 N–H and O–H groups in total. The first kappa shape index (κ1) is 9.25. The van der Waals surface area contributed by atoms with Gasteiger partial charge >= 0.3 is 0 Å². The maximum absolute atomic E-state index is 5.79. The van der Waals surface area contributed by atoms with E-state index in [1.807, 2.05) is 0 Å². The van der Waals surface area contributed by atoms with Crippen LogP contribution in [0.15, 0.2) is 0 Å². The smallest absolute Gasteiger partial charge is 0.148 e. The van der Waals surface area contributed by atoms with Crippen molar-refractivity contribution in [1.82, 2.24) is 10.2 Å². The molecule has 3 nitrogen and oxygen atoms in total. The number of hydrogen-bond donors (Lipinski definition) is 2. The van der Waals surface area contributed by atoms with Gasteiger partial charge in [0.2, 0.25) is 0 Å². The van der Waals surface area contributed by atoms with Crippen LogP contribution in [-0.2, 0) is 0 Å². The van der Waals surface area contributed by atoms with E-state index in [0.717, 1.165) is 5.41 Å². The van der Waals surface area contributed by atoms with Crippen LogP contribution in [0.1, 0.15) is 55.7 Å². The second kappa shape index (κ2) is 3.00. The van der Waals surface area contributed by atoms with Crippen LogP contribution in [0.5, 0.6) is 0 Å². The first-order valence-electron chi connectivity index (χ1n) is 6.01. The Kier molecular flexibility index (Phi) is 1.85. The Bertz CT molecular complexity index is 376. The SMILES string of the molecule is Cc1c(N)n[nH]c1C1CCCC2(CC2)C1. The van der Waals surface area contributed by atoms with E-state index in [1.165, 1.54) is 49.8 Å². The van der Waals surface area contributed by atoms with Crippen molar-refractivity contribution in [2.45, 2.75) is 51.4 Å². The number of nitrogens with zero attached hydrogens (tertiary/aromatic N) is 1. The number of nitrogen functional groups attached to an aromatic ring is 1. The molecule has 0 aromatic carbocycles. The number of hydrogen-bond acceptors (Lipinski definition) is 2. The maximum Gasteiger partial charge on any atom is 0.148 e. The quantitative estimate of drug-likeness (QED) is 0.740. The summed E-state index contributed by atoms with van der Waals surface area (Å²) < 4.78 is 0. The molecule has 0 amide bonds. The van der Waals surface area contributed by atoms with Crippen molar-refractivity contribution in [3.63, 3.8) is 0 Å². The van der Waals surface area contributed by atoms with Crippen molar-refractivity contribution in [3.8, 4) is 0 Å². The number of rotatable bonds is 1. The molecule has 1 aromatic rings. The molecule has 3 rings (SSSR count). The zero-order valence-corrected chi connectivity index (χ0v) is 9.34. The minimum Gasteiger partial charge on any atom is -0.382 e. The first-order chi connectivity index (χ1) is 7.20. The van der Waals surface area contributed by atoms with E-state index in [0.29, 0.717) is 11.7 Å². The lowest BCUT2D eigenvalue weighted by Crippen LogP contribution is -2.16. The van der Waals surface area contributed by atoms with Gasteiger partial charge in [0, 0.05) is 17.2 Å². The Morgan fingerprint density at radius 3 is 2.80 bits per heavy atom. The van der Waals surface area contributed by atoms with Crippen molar-refractivity contribution in [2.24, 2.45) is 5.41 Å². The molecule has 2 aliphatic rings. The summed E-state index contributed by atoms with van der Waals surface area (Å²) in [5.41, 5.74) is 8.99. The van der Waals surface area contributed by atoms with Crippen molar-refractivity contribution < 1.29 is 0 Å². The minimum absolute atomic E-state index is 0.681. The average molecular weight is 205 g/mol. The van der Waals surface area contributed by atoms with Gasteiger partial charge in [-0.3, -0.25) is 5.10 Å². The Morgan fingerprint density at radius 2 is 2.20 bits per heavy atom. The van der Waals surface area contributed by atoms with Gasteiger partial charge in [-0.25, -0.2) is 0 Å². The van der Waals surface area contributed by atoms with Crippen LogP contribution in [0, 0.1) is 12.3 Å². The number of anilines is 1. The molecule has 2 saturated carbocycles. The molecule has 2 fully saturated rings. The number of aromatic amines is 1. The number of nitrogens with one attached hydrogen (secondary N) is 1. The van der Waals surface area contributed by atoms with E-state index >= 15 is 0 Å². The van der Waals surface area contributed by atoms with Crippen molar-refractivity contribution in [1.29, 1.82) is 0 Å². The molecule has 0 bridgehead atoms. The van der Waals surface area contributed by atoms with Crippen LogP contribution < -0.4 is 5.73 Å². The molecule has 1 aromatic heterocycles. The molecule has 0 aliphatic heterocycles. The topological polar surface area (TPSA) is 54.7 Å². The molecule has 0 radical (unpaired) electrons. The van der Waals surface area contributed by atoms with Gasteiger partial charge in [0.1, 0.15) is 5.82 Å². The second-order valence-corrected chi connectivity index (χ2v) is 5.44. The summed E-state index contributed by atoms with van der Waals surface area (Å²) in [4.78, 5) is 0. The number of nitrogens with two attached hydrogens (primary N) is 1. The lowest BCUT2D eigenvalue weighted by Gasteiger charge is -2.28. The predicted octanol–water partition coefficient (Wildman–Crippen LogP) is 2.74. The van der Waals surface area contributed by atoms with Crippen LogP contribution in [0.25, 0.3) is 0 Å². The van der Waals surface area contributed by atoms with Gasteiger partial charge < -0.3 is 5.73 Å². The van der Waals surface area contributed by atoms with Crippen LogP contribution in [0.3, 0.4) is 0 Å².